The zero-order valence-electron chi connectivity index (χ0n) is 16.7. The quantitative estimate of drug-likeness (QED) is 0.235. The Kier molecular flexibility index (Phi) is 6.32. The van der Waals surface area contributed by atoms with E-state index in [4.69, 9.17) is 39.2 Å². The van der Waals surface area contributed by atoms with Gasteiger partial charge in [-0.3, -0.25) is 9.55 Å². The number of rotatable bonds is 6. The summed E-state index contributed by atoms with van der Waals surface area (Å²) in [5, 5.41) is 19.1. The molecule has 2 aromatic carbocycles. The highest BCUT2D eigenvalue weighted by Crippen LogP contribution is 2.33. The minimum absolute atomic E-state index is 0.356. The van der Waals surface area contributed by atoms with Gasteiger partial charge in [-0.1, -0.05) is 58.7 Å². The van der Waals surface area contributed by atoms with Crippen LogP contribution in [-0.2, 0) is 5.75 Å². The normalized spacial score (nSPS) is 11.1. The number of pyridine rings is 1. The van der Waals surface area contributed by atoms with Gasteiger partial charge in [0, 0.05) is 23.5 Å². The molecule has 0 atom stereocenters. The first kappa shape index (κ1) is 21.9. The first-order valence-corrected chi connectivity index (χ1v) is 11.7. The number of para-hydroxylation sites is 1. The van der Waals surface area contributed by atoms with Crippen molar-refractivity contribution in [3.05, 3.63) is 87.9 Å². The Hall–Kier alpha value is -2.91. The second-order valence-corrected chi connectivity index (χ2v) is 8.91. The van der Waals surface area contributed by atoms with Gasteiger partial charge in [0.1, 0.15) is 0 Å². The molecule has 0 fully saturated rings. The van der Waals surface area contributed by atoms with Crippen molar-refractivity contribution in [1.29, 1.82) is 0 Å². The van der Waals surface area contributed by atoms with E-state index in [0.29, 0.717) is 49.1 Å². The maximum atomic E-state index is 6.50. The van der Waals surface area contributed by atoms with Crippen LogP contribution < -0.4 is 0 Å². The number of nitrogens with zero attached hydrogens (tertiary/aromatic N) is 6. The monoisotopic (exact) mass is 514 g/mol. The van der Waals surface area contributed by atoms with Crippen molar-refractivity contribution in [2.24, 2.45) is 0 Å². The van der Waals surface area contributed by atoms with E-state index in [1.165, 1.54) is 11.8 Å². The molecule has 0 aliphatic carbocycles. The summed E-state index contributed by atoms with van der Waals surface area (Å²) in [6, 6.07) is 16.4. The first-order valence-electron chi connectivity index (χ1n) is 9.61. The smallest absolute Gasteiger partial charge is 0.247 e. The zero-order chi connectivity index (χ0) is 22.8. The third kappa shape index (κ3) is 4.60. The third-order valence-electron chi connectivity index (χ3n) is 4.62. The molecule has 11 heteroatoms. The van der Waals surface area contributed by atoms with E-state index < -0.39 is 0 Å². The van der Waals surface area contributed by atoms with Crippen molar-refractivity contribution in [2.75, 3.05) is 0 Å². The molecule has 3 aromatic heterocycles. The lowest BCUT2D eigenvalue weighted by Crippen LogP contribution is -2.00. The standard InChI is InChI=1S/C22H13Cl3N6OS/c23-15-6-5-14(11-17(15)25)21-29-27-19(32-21)12-33-22-30-28-20(13-7-9-26-10-8-13)31(22)18-4-2-1-3-16(18)24/h1-11H,12H2. The van der Waals surface area contributed by atoms with E-state index in [9.17, 15) is 0 Å². The largest absolute Gasteiger partial charge is 0.420 e. The maximum Gasteiger partial charge on any atom is 0.247 e. The summed E-state index contributed by atoms with van der Waals surface area (Å²) in [4.78, 5) is 4.08. The van der Waals surface area contributed by atoms with E-state index in [1.54, 1.807) is 30.6 Å². The van der Waals surface area contributed by atoms with Gasteiger partial charge in [-0.15, -0.1) is 20.4 Å². The third-order valence-corrected chi connectivity index (χ3v) is 6.60. The van der Waals surface area contributed by atoms with Gasteiger partial charge in [0.05, 0.1) is 26.5 Å². The molecule has 3 heterocycles. The molecule has 0 N–H and O–H groups in total. The SMILES string of the molecule is Clc1ccc(-c2nnc(CSc3nnc(-c4ccncc4)n3-c3ccccc3Cl)o2)cc1Cl. The second kappa shape index (κ2) is 9.52. The first-order chi connectivity index (χ1) is 16.1. The topological polar surface area (TPSA) is 82.5 Å². The number of hydrogen-bond acceptors (Lipinski definition) is 7. The number of halogens is 3. The van der Waals surface area contributed by atoms with E-state index in [0.717, 1.165) is 11.3 Å². The Balaban J connectivity index is 1.45. The van der Waals surface area contributed by atoms with Crippen LogP contribution in [0.2, 0.25) is 15.1 Å². The molecule has 0 spiro atoms. The van der Waals surface area contributed by atoms with Crippen LogP contribution in [0.3, 0.4) is 0 Å². The van der Waals surface area contributed by atoms with Crippen LogP contribution in [0.5, 0.6) is 0 Å². The minimum Gasteiger partial charge on any atom is -0.420 e. The average Bonchev–Trinajstić information content (AvgIpc) is 3.48. The summed E-state index contributed by atoms with van der Waals surface area (Å²) in [7, 11) is 0. The lowest BCUT2D eigenvalue weighted by molar-refractivity contribution is 0.528. The Bertz CT molecular complexity index is 1420. The van der Waals surface area contributed by atoms with E-state index in [-0.39, 0.29) is 0 Å². The summed E-state index contributed by atoms with van der Waals surface area (Å²) in [5.41, 5.74) is 2.32. The zero-order valence-corrected chi connectivity index (χ0v) is 19.8. The van der Waals surface area contributed by atoms with Gasteiger partial charge in [-0.2, -0.15) is 0 Å². The molecular formula is C22H13Cl3N6OS. The molecule has 7 nitrogen and oxygen atoms in total. The fourth-order valence-corrected chi connectivity index (χ4v) is 4.39. The Labute approximate surface area is 207 Å². The maximum absolute atomic E-state index is 6.50. The fraction of sp³-hybridized carbons (Fsp3) is 0.0455. The molecule has 0 saturated carbocycles. The lowest BCUT2D eigenvalue weighted by Gasteiger charge is -2.11. The van der Waals surface area contributed by atoms with Crippen LogP contribution >= 0.6 is 46.6 Å². The highest BCUT2D eigenvalue weighted by atomic mass is 35.5. The highest BCUT2D eigenvalue weighted by Gasteiger charge is 2.19. The Morgan fingerprint density at radius 1 is 0.788 bits per heavy atom. The molecule has 0 aliphatic heterocycles. The summed E-state index contributed by atoms with van der Waals surface area (Å²) < 4.78 is 7.71. The van der Waals surface area contributed by atoms with Crippen LogP contribution in [0.15, 0.2) is 76.6 Å². The second-order valence-electron chi connectivity index (χ2n) is 6.75. The Morgan fingerprint density at radius 3 is 2.39 bits per heavy atom. The van der Waals surface area contributed by atoms with Gasteiger partial charge in [0.15, 0.2) is 11.0 Å². The average molecular weight is 516 g/mol. The van der Waals surface area contributed by atoms with E-state index in [1.807, 2.05) is 41.0 Å². The molecule has 0 aliphatic rings. The van der Waals surface area contributed by atoms with Crippen LogP contribution in [-0.4, -0.2) is 29.9 Å². The van der Waals surface area contributed by atoms with Gasteiger partial charge in [0.25, 0.3) is 0 Å². The minimum atomic E-state index is 0.356. The number of benzene rings is 2. The van der Waals surface area contributed by atoms with Gasteiger partial charge in [-0.05, 0) is 42.5 Å². The van der Waals surface area contributed by atoms with Crippen LogP contribution in [0, 0.1) is 0 Å². The van der Waals surface area contributed by atoms with Crippen LogP contribution in [0.1, 0.15) is 5.89 Å². The number of aromatic nitrogens is 6. The Morgan fingerprint density at radius 2 is 1.61 bits per heavy atom. The van der Waals surface area contributed by atoms with E-state index >= 15 is 0 Å². The van der Waals surface area contributed by atoms with E-state index in [2.05, 4.69) is 25.4 Å². The molecule has 5 rings (SSSR count). The molecule has 5 aromatic rings. The number of hydrogen-bond donors (Lipinski definition) is 0. The van der Waals surface area contributed by atoms with Crippen molar-refractivity contribution < 1.29 is 4.42 Å². The summed E-state index contributed by atoms with van der Waals surface area (Å²) in [6.07, 6.45) is 3.41. The summed E-state index contributed by atoms with van der Waals surface area (Å²) in [5.74, 6) is 1.82. The summed E-state index contributed by atoms with van der Waals surface area (Å²) >= 11 is 20.0. The van der Waals surface area contributed by atoms with Crippen LogP contribution in [0.4, 0.5) is 0 Å². The molecule has 0 radical (unpaired) electrons. The molecule has 0 unspecified atom stereocenters. The highest BCUT2D eigenvalue weighted by molar-refractivity contribution is 7.98. The van der Waals surface area contributed by atoms with Crippen molar-refractivity contribution >= 4 is 46.6 Å². The molecule has 164 valence electrons. The molecule has 0 saturated heterocycles. The van der Waals surface area contributed by atoms with Crippen molar-refractivity contribution in [3.63, 3.8) is 0 Å². The lowest BCUT2D eigenvalue weighted by atomic mass is 10.2. The van der Waals surface area contributed by atoms with Gasteiger partial charge in [0.2, 0.25) is 11.8 Å². The predicted molar refractivity (Wildman–Crippen MR) is 129 cm³/mol. The van der Waals surface area contributed by atoms with Crippen molar-refractivity contribution in [3.8, 4) is 28.5 Å². The molecular weight excluding hydrogens is 503 g/mol. The van der Waals surface area contributed by atoms with Crippen LogP contribution in [0.25, 0.3) is 28.5 Å². The molecule has 33 heavy (non-hydrogen) atoms. The predicted octanol–water partition coefficient (Wildman–Crippen LogP) is 6.63. The number of thioether (sulfide) groups is 1. The van der Waals surface area contributed by atoms with Gasteiger partial charge in [-0.25, -0.2) is 0 Å². The van der Waals surface area contributed by atoms with Crippen molar-refractivity contribution in [2.45, 2.75) is 10.9 Å². The molecule has 0 amide bonds. The van der Waals surface area contributed by atoms with Crippen molar-refractivity contribution in [1.82, 2.24) is 29.9 Å². The van der Waals surface area contributed by atoms with Gasteiger partial charge < -0.3 is 4.42 Å². The fourth-order valence-electron chi connectivity index (χ4n) is 3.09. The summed E-state index contributed by atoms with van der Waals surface area (Å²) in [6.45, 7) is 0. The molecule has 0 bridgehead atoms. The van der Waals surface area contributed by atoms with Gasteiger partial charge >= 0.3 is 0 Å².